The summed E-state index contributed by atoms with van der Waals surface area (Å²) in [5, 5.41) is 0. The Bertz CT molecular complexity index is 699. The molecule has 0 radical (unpaired) electrons. The van der Waals surface area contributed by atoms with Gasteiger partial charge in [-0.25, -0.2) is 8.78 Å². The van der Waals surface area contributed by atoms with Crippen LogP contribution in [-0.4, -0.2) is 6.18 Å². The molecule has 0 aliphatic heterocycles. The fourth-order valence-electron chi connectivity index (χ4n) is 7.99. The van der Waals surface area contributed by atoms with E-state index in [1.54, 1.807) is 0 Å². The lowest BCUT2D eigenvalue weighted by molar-refractivity contribution is -0.0821. The molecular formula is C29H43F5. The summed E-state index contributed by atoms with van der Waals surface area (Å²) in [4.78, 5) is 0. The van der Waals surface area contributed by atoms with Crippen LogP contribution in [0.1, 0.15) is 103 Å². The van der Waals surface area contributed by atoms with E-state index < -0.39 is 17.9 Å². The number of hydrogen-bond donors (Lipinski definition) is 0. The molecular weight excluding hydrogens is 443 g/mol. The first-order valence-electron chi connectivity index (χ1n) is 14.1. The third-order valence-electron chi connectivity index (χ3n) is 10.1. The third kappa shape index (κ3) is 6.66. The average molecular weight is 487 g/mol. The van der Waals surface area contributed by atoms with Gasteiger partial charge in [0.15, 0.2) is 0 Å². The molecule has 0 aromatic rings. The van der Waals surface area contributed by atoms with E-state index in [2.05, 4.69) is 6.92 Å². The van der Waals surface area contributed by atoms with Crippen molar-refractivity contribution in [1.29, 1.82) is 0 Å². The molecule has 0 bridgehead atoms. The SMILES string of the molecule is CCC1C=C(F)C(C2CCC(C3CCC(C4CCC(/C(F)=C/C(F)(F)F)CC4)CC3)CC2)CC1. The minimum atomic E-state index is -4.56. The zero-order valence-electron chi connectivity index (χ0n) is 20.8. The van der Waals surface area contributed by atoms with Crippen molar-refractivity contribution in [3.05, 3.63) is 23.8 Å². The van der Waals surface area contributed by atoms with E-state index in [1.165, 1.54) is 51.4 Å². The Hall–Kier alpha value is -0.870. The van der Waals surface area contributed by atoms with Gasteiger partial charge in [-0.2, -0.15) is 13.2 Å². The molecule has 0 aromatic heterocycles. The van der Waals surface area contributed by atoms with Crippen LogP contribution in [0.4, 0.5) is 22.0 Å². The number of allylic oxidation sites excluding steroid dienone is 4. The van der Waals surface area contributed by atoms with Gasteiger partial charge in [-0.15, -0.1) is 0 Å². The lowest BCUT2D eigenvalue weighted by Crippen LogP contribution is -2.31. The average Bonchev–Trinajstić information content (AvgIpc) is 2.83. The van der Waals surface area contributed by atoms with Crippen LogP contribution in [0.15, 0.2) is 23.8 Å². The first-order chi connectivity index (χ1) is 16.2. The molecule has 0 N–H and O–H groups in total. The van der Waals surface area contributed by atoms with Crippen molar-refractivity contribution >= 4 is 0 Å². The molecule has 0 spiro atoms. The molecule has 0 amide bonds. The van der Waals surface area contributed by atoms with Gasteiger partial charge in [-0.1, -0.05) is 6.92 Å². The van der Waals surface area contributed by atoms with Crippen LogP contribution in [0.2, 0.25) is 0 Å². The van der Waals surface area contributed by atoms with Crippen molar-refractivity contribution in [2.75, 3.05) is 0 Å². The lowest BCUT2D eigenvalue weighted by atomic mass is 9.63. The molecule has 0 aromatic carbocycles. The van der Waals surface area contributed by atoms with Crippen LogP contribution >= 0.6 is 0 Å². The fraction of sp³-hybridized carbons (Fsp3) is 0.862. The Morgan fingerprint density at radius 1 is 0.735 bits per heavy atom. The standard InChI is InChI=1S/C29H43F5/c1-2-19-3-16-26(27(30)17-19)24-12-8-22(9-13-24)20-4-6-21(7-5-20)23-10-14-25(15-11-23)28(31)18-29(32,33)34/h17-26H,2-16H2,1H3/b28-18-. The molecule has 4 aliphatic carbocycles. The van der Waals surface area contributed by atoms with E-state index in [0.29, 0.717) is 36.5 Å². The van der Waals surface area contributed by atoms with E-state index in [-0.39, 0.29) is 17.8 Å². The summed E-state index contributed by atoms with van der Waals surface area (Å²) in [6, 6.07) is 0. The van der Waals surface area contributed by atoms with Crippen LogP contribution in [0.3, 0.4) is 0 Å². The topological polar surface area (TPSA) is 0 Å². The second-order valence-corrected chi connectivity index (χ2v) is 11.9. The Morgan fingerprint density at radius 2 is 1.18 bits per heavy atom. The maximum atomic E-state index is 14.7. The molecule has 2 unspecified atom stereocenters. The second kappa shape index (κ2) is 11.5. The number of rotatable bonds is 5. The normalized spacial score (nSPS) is 40.6. The van der Waals surface area contributed by atoms with Crippen molar-refractivity contribution in [2.24, 2.45) is 47.3 Å². The Morgan fingerprint density at radius 3 is 1.59 bits per heavy atom. The van der Waals surface area contributed by atoms with Gasteiger partial charge in [-0.3, -0.25) is 0 Å². The maximum absolute atomic E-state index is 14.7. The minimum absolute atomic E-state index is 0.140. The zero-order valence-corrected chi connectivity index (χ0v) is 20.8. The highest BCUT2D eigenvalue weighted by atomic mass is 19.4. The summed E-state index contributed by atoms with van der Waals surface area (Å²) in [7, 11) is 0. The number of alkyl halides is 3. The van der Waals surface area contributed by atoms with Crippen molar-refractivity contribution in [3.8, 4) is 0 Å². The Kier molecular flexibility index (Phi) is 8.83. The third-order valence-corrected chi connectivity index (χ3v) is 10.1. The van der Waals surface area contributed by atoms with Gasteiger partial charge >= 0.3 is 6.18 Å². The Labute approximate surface area is 202 Å². The molecule has 0 heterocycles. The molecule has 3 fully saturated rings. The lowest BCUT2D eigenvalue weighted by Gasteiger charge is -2.42. The number of hydrogen-bond acceptors (Lipinski definition) is 0. The highest BCUT2D eigenvalue weighted by Gasteiger charge is 2.38. The molecule has 2 atom stereocenters. The monoisotopic (exact) mass is 486 g/mol. The summed E-state index contributed by atoms with van der Waals surface area (Å²) in [6.45, 7) is 2.15. The summed E-state index contributed by atoms with van der Waals surface area (Å²) in [5.41, 5.74) is 0. The highest BCUT2D eigenvalue weighted by Crippen LogP contribution is 2.49. The number of halogens is 5. The predicted octanol–water partition coefficient (Wildman–Crippen LogP) is 10.1. The molecule has 4 rings (SSSR count). The van der Waals surface area contributed by atoms with Crippen molar-refractivity contribution < 1.29 is 22.0 Å². The van der Waals surface area contributed by atoms with Gasteiger partial charge in [0.25, 0.3) is 0 Å². The van der Waals surface area contributed by atoms with Crippen molar-refractivity contribution in [3.63, 3.8) is 0 Å². The molecule has 3 saturated carbocycles. The fourth-order valence-corrected chi connectivity index (χ4v) is 7.99. The zero-order chi connectivity index (χ0) is 24.3. The molecule has 0 saturated heterocycles. The molecule has 0 nitrogen and oxygen atoms in total. The molecule has 4 aliphatic rings. The van der Waals surface area contributed by atoms with Crippen LogP contribution in [0, 0.1) is 47.3 Å². The first kappa shape index (κ1) is 26.2. The van der Waals surface area contributed by atoms with Crippen molar-refractivity contribution in [1.82, 2.24) is 0 Å². The van der Waals surface area contributed by atoms with E-state index >= 15 is 0 Å². The Balaban J connectivity index is 1.18. The van der Waals surface area contributed by atoms with Crippen LogP contribution in [0.25, 0.3) is 0 Å². The van der Waals surface area contributed by atoms with Gasteiger partial charge < -0.3 is 0 Å². The minimum Gasteiger partial charge on any atom is -0.212 e. The summed E-state index contributed by atoms with van der Waals surface area (Å²) >= 11 is 0. The molecule has 5 heteroatoms. The van der Waals surface area contributed by atoms with Gasteiger partial charge in [0.1, 0.15) is 5.83 Å². The van der Waals surface area contributed by atoms with Gasteiger partial charge in [0, 0.05) is 11.8 Å². The van der Waals surface area contributed by atoms with E-state index in [4.69, 9.17) is 0 Å². The van der Waals surface area contributed by atoms with E-state index in [0.717, 1.165) is 43.9 Å². The highest BCUT2D eigenvalue weighted by molar-refractivity contribution is 5.07. The summed E-state index contributed by atoms with van der Waals surface area (Å²) < 4.78 is 65.9. The smallest absolute Gasteiger partial charge is 0.212 e. The van der Waals surface area contributed by atoms with Gasteiger partial charge in [0.05, 0.1) is 11.9 Å². The molecule has 194 valence electrons. The predicted molar refractivity (Wildman–Crippen MR) is 127 cm³/mol. The second-order valence-electron chi connectivity index (χ2n) is 11.9. The van der Waals surface area contributed by atoms with Crippen LogP contribution in [0.5, 0.6) is 0 Å². The van der Waals surface area contributed by atoms with E-state index in [9.17, 15) is 22.0 Å². The van der Waals surface area contributed by atoms with Gasteiger partial charge in [-0.05, 0) is 138 Å². The first-order valence-corrected chi connectivity index (χ1v) is 14.1. The summed E-state index contributed by atoms with van der Waals surface area (Å²) in [6.07, 6.45) is 13.1. The quantitative estimate of drug-likeness (QED) is 0.339. The van der Waals surface area contributed by atoms with Crippen LogP contribution < -0.4 is 0 Å². The maximum Gasteiger partial charge on any atom is 0.412 e. The summed E-state index contributed by atoms with van der Waals surface area (Å²) in [5.74, 6) is 2.59. The van der Waals surface area contributed by atoms with Crippen molar-refractivity contribution in [2.45, 2.75) is 109 Å². The van der Waals surface area contributed by atoms with Crippen LogP contribution in [-0.2, 0) is 0 Å². The molecule has 34 heavy (non-hydrogen) atoms. The largest absolute Gasteiger partial charge is 0.412 e. The van der Waals surface area contributed by atoms with Gasteiger partial charge in [0.2, 0.25) is 0 Å². The van der Waals surface area contributed by atoms with E-state index in [1.807, 2.05) is 6.08 Å².